The largest absolute Gasteiger partial charge is 0.506 e. The van der Waals surface area contributed by atoms with Crippen molar-refractivity contribution in [2.45, 2.75) is 31.3 Å². The van der Waals surface area contributed by atoms with E-state index in [0.29, 0.717) is 11.3 Å². The van der Waals surface area contributed by atoms with Crippen LogP contribution in [0.2, 0.25) is 0 Å². The number of aromatic hydroxyl groups is 1. The molecule has 1 aliphatic carbocycles. The molecule has 0 radical (unpaired) electrons. The van der Waals surface area contributed by atoms with Crippen LogP contribution >= 0.6 is 0 Å². The van der Waals surface area contributed by atoms with E-state index in [1.165, 1.54) is 6.07 Å². The zero-order valence-electron chi connectivity index (χ0n) is 8.03. The van der Waals surface area contributed by atoms with E-state index in [2.05, 4.69) is 0 Å². The van der Waals surface area contributed by atoms with Gasteiger partial charge in [-0.2, -0.15) is 0 Å². The second-order valence-corrected chi connectivity index (χ2v) is 3.98. The minimum absolute atomic E-state index is 0.0582. The normalized spacial score (nSPS) is 19.8. The first-order chi connectivity index (χ1) is 6.63. The van der Waals surface area contributed by atoms with Gasteiger partial charge in [-0.1, -0.05) is 25.0 Å². The molecule has 1 fully saturated rings. The predicted molar refractivity (Wildman–Crippen MR) is 54.9 cm³/mol. The number of anilines is 1. The molecule has 0 heterocycles. The number of aliphatic hydroxyl groups is 1. The molecule has 3 nitrogen and oxygen atoms in total. The fraction of sp³-hybridized carbons (Fsp3) is 0.455. The Bertz CT molecular complexity index is 343. The lowest BCUT2D eigenvalue weighted by Crippen LogP contribution is -2.22. The predicted octanol–water partition coefficient (Wildman–Crippen LogP) is 1.74. The Morgan fingerprint density at radius 1 is 1.21 bits per heavy atom. The number of benzene rings is 1. The highest BCUT2D eigenvalue weighted by Crippen LogP contribution is 2.42. The van der Waals surface area contributed by atoms with Crippen LogP contribution in [0.1, 0.15) is 31.2 Å². The van der Waals surface area contributed by atoms with Gasteiger partial charge in [0.25, 0.3) is 0 Å². The zero-order chi connectivity index (χ0) is 10.2. The van der Waals surface area contributed by atoms with Gasteiger partial charge in [0.05, 0.1) is 11.3 Å². The molecule has 0 saturated heterocycles. The quantitative estimate of drug-likeness (QED) is 0.470. The first-order valence-corrected chi connectivity index (χ1v) is 4.94. The van der Waals surface area contributed by atoms with Crippen LogP contribution in [0.4, 0.5) is 5.69 Å². The summed E-state index contributed by atoms with van der Waals surface area (Å²) in [6.07, 6.45) is 3.51. The Morgan fingerprint density at radius 2 is 1.86 bits per heavy atom. The number of nitrogens with two attached hydrogens (primary N) is 1. The number of phenolic OH excluding ortho intramolecular Hbond substituents is 1. The number of hydrogen-bond acceptors (Lipinski definition) is 3. The molecule has 0 atom stereocenters. The van der Waals surface area contributed by atoms with Crippen molar-refractivity contribution < 1.29 is 10.2 Å². The van der Waals surface area contributed by atoms with Gasteiger partial charge in [0.2, 0.25) is 0 Å². The topological polar surface area (TPSA) is 66.5 Å². The van der Waals surface area contributed by atoms with Crippen molar-refractivity contribution in [3.63, 3.8) is 0 Å². The van der Waals surface area contributed by atoms with Crippen molar-refractivity contribution in [3.05, 3.63) is 23.8 Å². The van der Waals surface area contributed by atoms with Gasteiger partial charge in [0, 0.05) is 5.56 Å². The fourth-order valence-corrected chi connectivity index (χ4v) is 2.19. The molecule has 14 heavy (non-hydrogen) atoms. The molecule has 0 unspecified atom stereocenters. The summed E-state index contributed by atoms with van der Waals surface area (Å²) in [4.78, 5) is 0. The number of rotatable bonds is 1. The van der Waals surface area contributed by atoms with Crippen LogP contribution in [-0.2, 0) is 5.60 Å². The highest BCUT2D eigenvalue weighted by Gasteiger charge is 2.34. The Balaban J connectivity index is 2.45. The number of hydrogen-bond donors (Lipinski definition) is 3. The van der Waals surface area contributed by atoms with Gasteiger partial charge in [-0.3, -0.25) is 0 Å². The van der Waals surface area contributed by atoms with E-state index in [4.69, 9.17) is 5.73 Å². The summed E-state index contributed by atoms with van der Waals surface area (Å²) in [6.45, 7) is 0. The monoisotopic (exact) mass is 193 g/mol. The van der Waals surface area contributed by atoms with Gasteiger partial charge in [-0.05, 0) is 18.9 Å². The van der Waals surface area contributed by atoms with Crippen molar-refractivity contribution in [2.75, 3.05) is 5.73 Å². The summed E-state index contributed by atoms with van der Waals surface area (Å²) in [5, 5.41) is 19.7. The van der Waals surface area contributed by atoms with E-state index in [-0.39, 0.29) is 5.75 Å². The van der Waals surface area contributed by atoms with E-state index in [0.717, 1.165) is 25.7 Å². The average molecular weight is 193 g/mol. The lowest BCUT2D eigenvalue weighted by Gasteiger charge is -2.24. The van der Waals surface area contributed by atoms with Crippen molar-refractivity contribution in [1.29, 1.82) is 0 Å². The van der Waals surface area contributed by atoms with Gasteiger partial charge in [0.1, 0.15) is 5.75 Å². The van der Waals surface area contributed by atoms with Crippen molar-refractivity contribution >= 4 is 5.69 Å². The summed E-state index contributed by atoms with van der Waals surface area (Å²) < 4.78 is 0. The Morgan fingerprint density at radius 3 is 2.50 bits per heavy atom. The Hall–Kier alpha value is -1.22. The van der Waals surface area contributed by atoms with Gasteiger partial charge < -0.3 is 15.9 Å². The second kappa shape index (κ2) is 3.17. The first kappa shape index (κ1) is 9.34. The SMILES string of the molecule is Nc1c(O)cccc1C1(O)CCCC1. The molecule has 0 amide bonds. The van der Waals surface area contributed by atoms with Gasteiger partial charge in [-0.15, -0.1) is 0 Å². The summed E-state index contributed by atoms with van der Waals surface area (Å²) in [5.41, 5.74) is 5.91. The molecule has 1 aromatic carbocycles. The lowest BCUT2D eigenvalue weighted by atomic mass is 9.90. The third-order valence-electron chi connectivity index (χ3n) is 3.02. The van der Waals surface area contributed by atoms with Crippen LogP contribution in [0, 0.1) is 0 Å². The maximum absolute atomic E-state index is 10.3. The van der Waals surface area contributed by atoms with Gasteiger partial charge in [-0.25, -0.2) is 0 Å². The van der Waals surface area contributed by atoms with Crippen LogP contribution < -0.4 is 5.73 Å². The second-order valence-electron chi connectivity index (χ2n) is 3.98. The lowest BCUT2D eigenvalue weighted by molar-refractivity contribution is 0.0451. The summed E-state index contributed by atoms with van der Waals surface area (Å²) in [6, 6.07) is 5.05. The molecule has 0 spiro atoms. The highest BCUT2D eigenvalue weighted by molar-refractivity contribution is 5.59. The number of phenols is 1. The molecule has 0 bridgehead atoms. The van der Waals surface area contributed by atoms with Crippen molar-refractivity contribution in [3.8, 4) is 5.75 Å². The molecule has 1 aliphatic rings. The average Bonchev–Trinajstić information content (AvgIpc) is 2.58. The standard InChI is InChI=1S/C11H15NO2/c12-10-8(4-3-5-9(10)13)11(14)6-1-2-7-11/h3-5,13-14H,1-2,6-7,12H2. The maximum atomic E-state index is 10.3. The molecular formula is C11H15NO2. The molecule has 0 aromatic heterocycles. The Labute approximate surface area is 83.2 Å². The van der Waals surface area contributed by atoms with Gasteiger partial charge >= 0.3 is 0 Å². The molecule has 76 valence electrons. The molecular weight excluding hydrogens is 178 g/mol. The van der Waals surface area contributed by atoms with E-state index in [1.807, 2.05) is 0 Å². The van der Waals surface area contributed by atoms with Crippen molar-refractivity contribution in [1.82, 2.24) is 0 Å². The van der Waals surface area contributed by atoms with E-state index in [1.54, 1.807) is 12.1 Å². The molecule has 0 aliphatic heterocycles. The first-order valence-electron chi connectivity index (χ1n) is 4.94. The summed E-state index contributed by atoms with van der Waals surface area (Å²) in [5.74, 6) is 0.0582. The molecule has 4 N–H and O–H groups in total. The minimum atomic E-state index is -0.817. The maximum Gasteiger partial charge on any atom is 0.138 e. The molecule has 3 heteroatoms. The number of nitrogen functional groups attached to an aromatic ring is 1. The molecule has 1 aromatic rings. The number of para-hydroxylation sites is 1. The summed E-state index contributed by atoms with van der Waals surface area (Å²) in [7, 11) is 0. The van der Waals surface area contributed by atoms with Crippen LogP contribution in [0.15, 0.2) is 18.2 Å². The van der Waals surface area contributed by atoms with E-state index < -0.39 is 5.60 Å². The highest BCUT2D eigenvalue weighted by atomic mass is 16.3. The zero-order valence-corrected chi connectivity index (χ0v) is 8.03. The fourth-order valence-electron chi connectivity index (χ4n) is 2.19. The third-order valence-corrected chi connectivity index (χ3v) is 3.02. The van der Waals surface area contributed by atoms with E-state index in [9.17, 15) is 10.2 Å². The third kappa shape index (κ3) is 1.34. The Kier molecular flexibility index (Phi) is 2.11. The minimum Gasteiger partial charge on any atom is -0.506 e. The molecule has 1 saturated carbocycles. The summed E-state index contributed by atoms with van der Waals surface area (Å²) >= 11 is 0. The van der Waals surface area contributed by atoms with Crippen LogP contribution in [-0.4, -0.2) is 10.2 Å². The smallest absolute Gasteiger partial charge is 0.138 e. The van der Waals surface area contributed by atoms with Crippen molar-refractivity contribution in [2.24, 2.45) is 0 Å². The van der Waals surface area contributed by atoms with Crippen LogP contribution in [0.3, 0.4) is 0 Å². The van der Waals surface area contributed by atoms with E-state index >= 15 is 0 Å². The van der Waals surface area contributed by atoms with Crippen LogP contribution in [0.25, 0.3) is 0 Å². The molecule has 2 rings (SSSR count). The van der Waals surface area contributed by atoms with Gasteiger partial charge in [0.15, 0.2) is 0 Å². The van der Waals surface area contributed by atoms with Crippen LogP contribution in [0.5, 0.6) is 5.75 Å².